The first-order valence-electron chi connectivity index (χ1n) is 8.30. The lowest BCUT2D eigenvalue weighted by atomic mass is 10.2. The van der Waals surface area contributed by atoms with E-state index in [0.717, 1.165) is 27.5 Å². The SMILES string of the molecule is CCN1C(=O)N/C(=C/c2cc(C)n(-c3ccc(S(N)(=O)=O)cc3)c2C)C1=O. The molecule has 27 heavy (non-hydrogen) atoms. The zero-order chi connectivity index (χ0) is 19.9. The van der Waals surface area contributed by atoms with Gasteiger partial charge in [-0.2, -0.15) is 0 Å². The summed E-state index contributed by atoms with van der Waals surface area (Å²) in [5.41, 5.74) is 3.52. The van der Waals surface area contributed by atoms with Gasteiger partial charge in [0.15, 0.2) is 0 Å². The number of nitrogens with one attached hydrogen (secondary N) is 1. The lowest BCUT2D eigenvalue weighted by Crippen LogP contribution is -2.30. The van der Waals surface area contributed by atoms with Gasteiger partial charge in [0, 0.05) is 23.6 Å². The van der Waals surface area contributed by atoms with Crippen molar-refractivity contribution in [2.24, 2.45) is 5.14 Å². The molecular weight excluding hydrogens is 368 g/mol. The molecule has 2 heterocycles. The Morgan fingerprint density at radius 1 is 1.15 bits per heavy atom. The van der Waals surface area contributed by atoms with Crippen LogP contribution in [-0.4, -0.2) is 36.4 Å². The average Bonchev–Trinajstić information content (AvgIpc) is 3.02. The maximum absolute atomic E-state index is 12.3. The quantitative estimate of drug-likeness (QED) is 0.612. The highest BCUT2D eigenvalue weighted by Gasteiger charge is 2.32. The number of benzene rings is 1. The van der Waals surface area contributed by atoms with Crippen molar-refractivity contribution in [1.29, 1.82) is 0 Å². The number of nitrogens with zero attached hydrogens (tertiary/aromatic N) is 2. The first-order valence-corrected chi connectivity index (χ1v) is 9.85. The number of nitrogens with two attached hydrogens (primary N) is 1. The summed E-state index contributed by atoms with van der Waals surface area (Å²) in [6.45, 7) is 5.82. The third-order valence-corrected chi connectivity index (χ3v) is 5.40. The molecule has 0 spiro atoms. The number of rotatable bonds is 4. The number of carbonyl (C=O) groups excluding carboxylic acids is 2. The van der Waals surface area contributed by atoms with Crippen LogP contribution in [0, 0.1) is 13.8 Å². The Morgan fingerprint density at radius 2 is 1.78 bits per heavy atom. The van der Waals surface area contributed by atoms with Crippen molar-refractivity contribution >= 4 is 28.0 Å². The van der Waals surface area contributed by atoms with Gasteiger partial charge in [0.05, 0.1) is 4.90 Å². The van der Waals surface area contributed by atoms with E-state index in [0.29, 0.717) is 6.54 Å². The number of hydrogen-bond donors (Lipinski definition) is 2. The Balaban J connectivity index is 2.00. The minimum Gasteiger partial charge on any atom is -0.318 e. The van der Waals surface area contributed by atoms with Crippen molar-refractivity contribution in [3.05, 3.63) is 53.0 Å². The molecule has 1 aromatic heterocycles. The number of likely N-dealkylation sites (N-methyl/N-ethyl adjacent to an activating group) is 1. The van der Waals surface area contributed by atoms with E-state index < -0.39 is 16.1 Å². The molecule has 1 aromatic carbocycles. The predicted octanol–water partition coefficient (Wildman–Crippen LogP) is 1.65. The molecule has 3 rings (SSSR count). The smallest absolute Gasteiger partial charge is 0.318 e. The molecule has 142 valence electrons. The first-order chi connectivity index (χ1) is 12.6. The highest BCUT2D eigenvalue weighted by molar-refractivity contribution is 7.89. The summed E-state index contributed by atoms with van der Waals surface area (Å²) in [6, 6.07) is 7.68. The molecular formula is C18H20N4O4S. The second-order valence-electron chi connectivity index (χ2n) is 6.24. The Kier molecular flexibility index (Phi) is 4.66. The van der Waals surface area contributed by atoms with Crippen LogP contribution in [0.25, 0.3) is 11.8 Å². The molecule has 3 amide bonds. The van der Waals surface area contributed by atoms with Crippen molar-refractivity contribution in [2.75, 3.05) is 6.54 Å². The second kappa shape index (κ2) is 6.67. The lowest BCUT2D eigenvalue weighted by molar-refractivity contribution is -0.122. The minimum absolute atomic E-state index is 0.0370. The largest absolute Gasteiger partial charge is 0.328 e. The van der Waals surface area contributed by atoms with E-state index in [4.69, 9.17) is 5.14 Å². The number of amides is 3. The maximum atomic E-state index is 12.3. The number of urea groups is 1. The van der Waals surface area contributed by atoms with Gasteiger partial charge in [-0.15, -0.1) is 0 Å². The van der Waals surface area contributed by atoms with E-state index in [9.17, 15) is 18.0 Å². The van der Waals surface area contributed by atoms with Crippen molar-refractivity contribution in [1.82, 2.24) is 14.8 Å². The van der Waals surface area contributed by atoms with Crippen LogP contribution >= 0.6 is 0 Å². The molecule has 1 saturated heterocycles. The average molecular weight is 388 g/mol. The molecule has 3 N–H and O–H groups in total. The Hall–Kier alpha value is -2.91. The highest BCUT2D eigenvalue weighted by atomic mass is 32.2. The van der Waals surface area contributed by atoms with Gasteiger partial charge >= 0.3 is 6.03 Å². The summed E-state index contributed by atoms with van der Waals surface area (Å²) < 4.78 is 24.8. The maximum Gasteiger partial charge on any atom is 0.328 e. The van der Waals surface area contributed by atoms with Crippen LogP contribution in [0.1, 0.15) is 23.9 Å². The molecule has 0 radical (unpaired) electrons. The standard InChI is InChI=1S/C18H20N4O4S/c1-4-21-17(23)16(20-18(21)24)10-13-9-11(2)22(12(13)3)14-5-7-15(8-6-14)27(19,25)26/h5-10H,4H2,1-3H3,(H,20,24)(H2,19,25,26)/b16-10+. The van der Waals surface area contributed by atoms with E-state index in [-0.39, 0.29) is 16.5 Å². The third kappa shape index (κ3) is 3.38. The van der Waals surface area contributed by atoms with Gasteiger partial charge in [0.25, 0.3) is 5.91 Å². The molecule has 1 fully saturated rings. The summed E-state index contributed by atoms with van der Waals surface area (Å²) >= 11 is 0. The fourth-order valence-corrected chi connectivity index (χ4v) is 3.65. The van der Waals surface area contributed by atoms with Gasteiger partial charge in [-0.3, -0.25) is 9.69 Å². The molecule has 1 aliphatic heterocycles. The molecule has 0 bridgehead atoms. The molecule has 1 aliphatic rings. The van der Waals surface area contributed by atoms with Crippen LogP contribution in [0.3, 0.4) is 0 Å². The second-order valence-corrected chi connectivity index (χ2v) is 7.80. The highest BCUT2D eigenvalue weighted by Crippen LogP contribution is 2.24. The molecule has 0 atom stereocenters. The van der Waals surface area contributed by atoms with Crippen molar-refractivity contribution in [3.8, 4) is 5.69 Å². The summed E-state index contributed by atoms with van der Waals surface area (Å²) in [4.78, 5) is 25.2. The zero-order valence-corrected chi connectivity index (χ0v) is 16.0. The van der Waals surface area contributed by atoms with Crippen LogP contribution in [-0.2, 0) is 14.8 Å². The van der Waals surface area contributed by atoms with Gasteiger partial charge in [-0.25, -0.2) is 18.4 Å². The summed E-state index contributed by atoms with van der Waals surface area (Å²) in [5.74, 6) is -0.357. The summed E-state index contributed by atoms with van der Waals surface area (Å²) in [6.07, 6.45) is 1.65. The Labute approximate surface area is 157 Å². The number of carbonyl (C=O) groups is 2. The Bertz CT molecular complexity index is 1070. The van der Waals surface area contributed by atoms with Crippen molar-refractivity contribution in [3.63, 3.8) is 0 Å². The van der Waals surface area contributed by atoms with E-state index in [1.54, 1.807) is 25.1 Å². The lowest BCUT2D eigenvalue weighted by Gasteiger charge is -2.10. The van der Waals surface area contributed by atoms with Crippen molar-refractivity contribution in [2.45, 2.75) is 25.7 Å². The van der Waals surface area contributed by atoms with Gasteiger partial charge in [0.2, 0.25) is 10.0 Å². The molecule has 0 unspecified atom stereocenters. The van der Waals surface area contributed by atoms with Gasteiger partial charge in [-0.1, -0.05) is 0 Å². The normalized spacial score (nSPS) is 16.3. The number of imide groups is 1. The first kappa shape index (κ1) is 18.9. The molecule has 0 aliphatic carbocycles. The third-order valence-electron chi connectivity index (χ3n) is 4.47. The van der Waals surface area contributed by atoms with Crippen molar-refractivity contribution < 1.29 is 18.0 Å². The van der Waals surface area contributed by atoms with E-state index in [1.807, 2.05) is 24.5 Å². The van der Waals surface area contributed by atoms with Crippen LogP contribution in [0.15, 0.2) is 40.9 Å². The molecule has 8 nitrogen and oxygen atoms in total. The van der Waals surface area contributed by atoms with Crippen LogP contribution in [0.5, 0.6) is 0 Å². The molecule has 9 heteroatoms. The number of aryl methyl sites for hydroxylation is 1. The monoisotopic (exact) mass is 388 g/mol. The van der Waals surface area contributed by atoms with Gasteiger partial charge in [-0.05, 0) is 62.7 Å². The van der Waals surface area contributed by atoms with E-state index in [1.165, 1.54) is 12.1 Å². The summed E-state index contributed by atoms with van der Waals surface area (Å²) in [5, 5.41) is 7.72. The van der Waals surface area contributed by atoms with Crippen LogP contribution < -0.4 is 10.5 Å². The minimum atomic E-state index is -3.75. The topological polar surface area (TPSA) is 114 Å². The van der Waals surface area contributed by atoms with Crippen LogP contribution in [0.4, 0.5) is 4.79 Å². The van der Waals surface area contributed by atoms with Gasteiger partial charge < -0.3 is 9.88 Å². The fraction of sp³-hybridized carbons (Fsp3) is 0.222. The summed E-state index contributed by atoms with van der Waals surface area (Å²) in [7, 11) is -3.75. The fourth-order valence-electron chi connectivity index (χ4n) is 3.13. The Morgan fingerprint density at radius 3 is 2.30 bits per heavy atom. The van der Waals surface area contributed by atoms with Crippen LogP contribution in [0.2, 0.25) is 0 Å². The zero-order valence-electron chi connectivity index (χ0n) is 15.2. The predicted molar refractivity (Wildman–Crippen MR) is 101 cm³/mol. The number of hydrogen-bond acceptors (Lipinski definition) is 4. The number of primary sulfonamides is 1. The molecule has 2 aromatic rings. The number of sulfonamides is 1. The number of aromatic nitrogens is 1. The van der Waals surface area contributed by atoms with Gasteiger partial charge in [0.1, 0.15) is 5.70 Å². The van der Waals surface area contributed by atoms with E-state index in [2.05, 4.69) is 5.32 Å². The van der Waals surface area contributed by atoms with E-state index >= 15 is 0 Å². The molecule has 0 saturated carbocycles.